The van der Waals surface area contributed by atoms with Crippen LogP contribution in [0.4, 0.5) is 0 Å². The molecule has 0 fully saturated rings. The number of rotatable bonds is 3. The standard InChI is InChI=1S/C12H13N3OS/c1-10-3-5-11(6-4-10)17-8-7-15-12(16)14(2)9-13-15/h3-9H,1-2H3/b8-7+. The molecule has 88 valence electrons. The molecule has 4 nitrogen and oxygen atoms in total. The van der Waals surface area contributed by atoms with Gasteiger partial charge in [0.1, 0.15) is 6.33 Å². The molecule has 0 radical (unpaired) electrons. The summed E-state index contributed by atoms with van der Waals surface area (Å²) in [5.74, 6) is 0. The second-order valence-corrected chi connectivity index (χ2v) is 4.66. The number of benzene rings is 1. The Kier molecular flexibility index (Phi) is 3.49. The van der Waals surface area contributed by atoms with Crippen LogP contribution in [0, 0.1) is 6.92 Å². The van der Waals surface area contributed by atoms with Crippen molar-refractivity contribution in [3.8, 4) is 0 Å². The molecule has 0 unspecified atom stereocenters. The maximum atomic E-state index is 11.5. The van der Waals surface area contributed by atoms with Crippen LogP contribution in [0.25, 0.3) is 6.20 Å². The third-order valence-electron chi connectivity index (χ3n) is 2.27. The molecule has 1 aromatic carbocycles. The molecule has 1 aromatic heterocycles. The molecule has 0 N–H and O–H groups in total. The lowest BCUT2D eigenvalue weighted by atomic mass is 10.2. The summed E-state index contributed by atoms with van der Waals surface area (Å²) in [5, 5.41) is 5.77. The average molecular weight is 247 g/mol. The summed E-state index contributed by atoms with van der Waals surface area (Å²) in [7, 11) is 1.67. The highest BCUT2D eigenvalue weighted by molar-refractivity contribution is 8.02. The molecule has 0 aliphatic rings. The number of aryl methyl sites for hydroxylation is 2. The predicted molar refractivity (Wildman–Crippen MR) is 69.8 cm³/mol. The maximum absolute atomic E-state index is 11.5. The Balaban J connectivity index is 2.05. The summed E-state index contributed by atoms with van der Waals surface area (Å²) in [6, 6.07) is 8.21. The van der Waals surface area contributed by atoms with Gasteiger partial charge in [0.05, 0.1) is 0 Å². The Bertz CT molecular complexity index is 581. The van der Waals surface area contributed by atoms with Crippen LogP contribution in [0.1, 0.15) is 5.56 Å². The third kappa shape index (κ3) is 2.88. The molecule has 0 aliphatic heterocycles. The Morgan fingerprint density at radius 1 is 1.29 bits per heavy atom. The van der Waals surface area contributed by atoms with Crippen LogP contribution in [0.15, 0.2) is 45.7 Å². The Hall–Kier alpha value is -1.75. The molecule has 0 bridgehead atoms. The van der Waals surface area contributed by atoms with E-state index in [1.807, 2.05) is 17.5 Å². The molecule has 0 amide bonds. The van der Waals surface area contributed by atoms with E-state index in [2.05, 4.69) is 24.2 Å². The molecule has 0 spiro atoms. The smallest absolute Gasteiger partial charge is 0.284 e. The summed E-state index contributed by atoms with van der Waals surface area (Å²) < 4.78 is 2.74. The minimum absolute atomic E-state index is 0.147. The molecule has 0 aliphatic carbocycles. The van der Waals surface area contributed by atoms with E-state index in [1.165, 1.54) is 21.1 Å². The van der Waals surface area contributed by atoms with Gasteiger partial charge < -0.3 is 0 Å². The molecular weight excluding hydrogens is 234 g/mol. The predicted octanol–water partition coefficient (Wildman–Crippen LogP) is 2.11. The number of hydrogen-bond donors (Lipinski definition) is 0. The van der Waals surface area contributed by atoms with Crippen LogP contribution in [0.2, 0.25) is 0 Å². The van der Waals surface area contributed by atoms with Gasteiger partial charge in [-0.3, -0.25) is 4.57 Å². The summed E-state index contributed by atoms with van der Waals surface area (Å²) in [6.07, 6.45) is 3.15. The fourth-order valence-corrected chi connectivity index (χ4v) is 1.91. The minimum Gasteiger partial charge on any atom is -0.284 e. The zero-order valence-corrected chi connectivity index (χ0v) is 10.5. The lowest BCUT2D eigenvalue weighted by Gasteiger charge is -1.96. The molecule has 2 rings (SSSR count). The molecule has 0 saturated heterocycles. The van der Waals surface area contributed by atoms with Crippen molar-refractivity contribution in [2.45, 2.75) is 11.8 Å². The van der Waals surface area contributed by atoms with Gasteiger partial charge in [0.2, 0.25) is 0 Å². The molecule has 1 heterocycles. The van der Waals surface area contributed by atoms with Crippen LogP contribution >= 0.6 is 11.8 Å². The first-order valence-electron chi connectivity index (χ1n) is 5.17. The first kappa shape index (κ1) is 11.7. The van der Waals surface area contributed by atoms with Crippen LogP contribution < -0.4 is 5.69 Å². The number of aromatic nitrogens is 3. The van der Waals surface area contributed by atoms with Crippen LogP contribution in [0.3, 0.4) is 0 Å². The molecule has 17 heavy (non-hydrogen) atoms. The molecule has 2 aromatic rings. The van der Waals surface area contributed by atoms with E-state index in [-0.39, 0.29) is 5.69 Å². The van der Waals surface area contributed by atoms with Gasteiger partial charge in [0.25, 0.3) is 0 Å². The first-order chi connectivity index (χ1) is 8.16. The monoisotopic (exact) mass is 247 g/mol. The Morgan fingerprint density at radius 3 is 2.59 bits per heavy atom. The van der Waals surface area contributed by atoms with E-state index >= 15 is 0 Å². The fourth-order valence-electron chi connectivity index (χ4n) is 1.28. The van der Waals surface area contributed by atoms with E-state index in [4.69, 9.17) is 0 Å². The largest absolute Gasteiger partial charge is 0.349 e. The summed E-state index contributed by atoms with van der Waals surface area (Å²) in [6.45, 7) is 2.05. The lowest BCUT2D eigenvalue weighted by Crippen LogP contribution is -2.18. The van der Waals surface area contributed by atoms with Crippen molar-refractivity contribution >= 4 is 18.0 Å². The van der Waals surface area contributed by atoms with E-state index in [0.717, 1.165) is 4.90 Å². The highest BCUT2D eigenvalue weighted by Gasteiger charge is 1.96. The van der Waals surface area contributed by atoms with Gasteiger partial charge in [-0.25, -0.2) is 4.79 Å². The van der Waals surface area contributed by atoms with Crippen molar-refractivity contribution in [3.63, 3.8) is 0 Å². The highest BCUT2D eigenvalue weighted by atomic mass is 32.2. The summed E-state index contributed by atoms with van der Waals surface area (Å²) in [4.78, 5) is 12.6. The fraction of sp³-hybridized carbons (Fsp3) is 0.167. The third-order valence-corrected chi connectivity index (χ3v) is 3.08. The highest BCUT2D eigenvalue weighted by Crippen LogP contribution is 2.19. The van der Waals surface area contributed by atoms with Crippen molar-refractivity contribution in [1.82, 2.24) is 14.3 Å². The Morgan fingerprint density at radius 2 is 2.00 bits per heavy atom. The van der Waals surface area contributed by atoms with Crippen LogP contribution in [-0.4, -0.2) is 14.3 Å². The SMILES string of the molecule is Cc1ccc(S/C=C/n2ncn(C)c2=O)cc1. The normalized spacial score (nSPS) is 11.2. The topological polar surface area (TPSA) is 39.8 Å². The zero-order valence-electron chi connectivity index (χ0n) is 9.70. The molecule has 0 atom stereocenters. The quantitative estimate of drug-likeness (QED) is 0.780. The van der Waals surface area contributed by atoms with E-state index in [0.29, 0.717) is 0 Å². The number of hydrogen-bond acceptors (Lipinski definition) is 3. The zero-order chi connectivity index (χ0) is 12.3. The second kappa shape index (κ2) is 5.05. The van der Waals surface area contributed by atoms with Crippen molar-refractivity contribution in [2.24, 2.45) is 7.05 Å². The Labute approximate surface area is 104 Å². The summed E-state index contributed by atoms with van der Waals surface area (Å²) >= 11 is 1.55. The summed E-state index contributed by atoms with van der Waals surface area (Å²) in [5.41, 5.74) is 1.09. The van der Waals surface area contributed by atoms with Gasteiger partial charge >= 0.3 is 5.69 Å². The van der Waals surface area contributed by atoms with Crippen LogP contribution in [-0.2, 0) is 7.05 Å². The minimum atomic E-state index is -0.147. The molecule has 5 heteroatoms. The van der Waals surface area contributed by atoms with Gasteiger partial charge in [0, 0.05) is 18.1 Å². The molecule has 0 saturated carbocycles. The average Bonchev–Trinajstić information content (AvgIpc) is 2.64. The first-order valence-corrected chi connectivity index (χ1v) is 6.05. The molecular formula is C12H13N3OS. The van der Waals surface area contributed by atoms with Gasteiger partial charge in [-0.05, 0) is 24.5 Å². The lowest BCUT2D eigenvalue weighted by molar-refractivity contribution is 0.826. The second-order valence-electron chi connectivity index (χ2n) is 3.69. The van der Waals surface area contributed by atoms with E-state index in [1.54, 1.807) is 25.0 Å². The van der Waals surface area contributed by atoms with Crippen LogP contribution in [0.5, 0.6) is 0 Å². The van der Waals surface area contributed by atoms with Crippen molar-refractivity contribution in [1.29, 1.82) is 0 Å². The van der Waals surface area contributed by atoms with Crippen molar-refractivity contribution < 1.29 is 0 Å². The van der Waals surface area contributed by atoms with Crippen molar-refractivity contribution in [3.05, 3.63) is 52.0 Å². The van der Waals surface area contributed by atoms with E-state index < -0.39 is 0 Å². The number of nitrogens with zero attached hydrogens (tertiary/aromatic N) is 3. The number of thioether (sulfide) groups is 1. The van der Waals surface area contributed by atoms with Crippen molar-refractivity contribution in [2.75, 3.05) is 0 Å². The van der Waals surface area contributed by atoms with Gasteiger partial charge in [-0.2, -0.15) is 9.78 Å². The maximum Gasteiger partial charge on any atom is 0.349 e. The van der Waals surface area contributed by atoms with Gasteiger partial charge in [-0.1, -0.05) is 29.5 Å². The van der Waals surface area contributed by atoms with Gasteiger partial charge in [-0.15, -0.1) is 0 Å². The van der Waals surface area contributed by atoms with Gasteiger partial charge in [0.15, 0.2) is 0 Å². The van der Waals surface area contributed by atoms with E-state index in [9.17, 15) is 4.79 Å².